The molecule has 2 rings (SSSR count). The molecule has 0 saturated carbocycles. The molecule has 2 aromatic rings. The molecular weight excluding hydrogens is 210 g/mol. The maximum Gasteiger partial charge on any atom is 0.142 e. The average Bonchev–Trinajstić information content (AvgIpc) is 2.37. The summed E-state index contributed by atoms with van der Waals surface area (Å²) in [6.45, 7) is 5.83. The normalized spacial score (nSPS) is 11.7. The Kier molecular flexibility index (Phi) is 2.97. The zero-order valence-electron chi connectivity index (χ0n) is 10.5. The number of ketones is 1. The lowest BCUT2D eigenvalue weighted by molar-refractivity contribution is -0.123. The number of hydrogen-bond donors (Lipinski definition) is 0. The number of rotatable bonds is 3. The lowest BCUT2D eigenvalue weighted by atomic mass is 9.80. The quantitative estimate of drug-likeness (QED) is 0.803. The number of carbonyl (C=O) groups is 1. The Bertz CT molecular complexity index is 558. The van der Waals surface area contributed by atoms with Crippen LogP contribution in [0.1, 0.15) is 32.8 Å². The molecule has 0 spiro atoms. The Morgan fingerprint density at radius 2 is 2.00 bits per heavy atom. The van der Waals surface area contributed by atoms with Crippen molar-refractivity contribution in [3.8, 4) is 0 Å². The van der Waals surface area contributed by atoms with Crippen LogP contribution in [0.25, 0.3) is 10.9 Å². The highest BCUT2D eigenvalue weighted by atomic mass is 16.1. The minimum Gasteiger partial charge on any atom is -0.299 e. The van der Waals surface area contributed by atoms with Gasteiger partial charge in [-0.3, -0.25) is 9.78 Å². The first-order valence-electron chi connectivity index (χ1n) is 5.94. The summed E-state index contributed by atoms with van der Waals surface area (Å²) in [4.78, 5) is 16.4. The number of benzene rings is 1. The Labute approximate surface area is 102 Å². The molecule has 0 atom stereocenters. The predicted octanol–water partition coefficient (Wildman–Crippen LogP) is 3.49. The standard InChI is InChI=1S/C15H17NO/c1-4-14(17)15(2,3)12-9-11-7-5-6-8-13(11)16-10-12/h5-10H,4H2,1-3H3. The van der Waals surface area contributed by atoms with Crippen molar-refractivity contribution >= 4 is 16.7 Å². The third kappa shape index (κ3) is 2.07. The second-order valence-electron chi connectivity index (χ2n) is 4.82. The lowest BCUT2D eigenvalue weighted by Crippen LogP contribution is -2.28. The summed E-state index contributed by atoms with van der Waals surface area (Å²) in [5, 5.41) is 1.09. The van der Waals surface area contributed by atoms with Crippen LogP contribution in [0.15, 0.2) is 36.5 Å². The highest BCUT2D eigenvalue weighted by Gasteiger charge is 2.28. The van der Waals surface area contributed by atoms with Crippen LogP contribution < -0.4 is 0 Å². The van der Waals surface area contributed by atoms with Gasteiger partial charge in [-0.15, -0.1) is 0 Å². The Morgan fingerprint density at radius 1 is 1.29 bits per heavy atom. The summed E-state index contributed by atoms with van der Waals surface area (Å²) in [7, 11) is 0. The van der Waals surface area contributed by atoms with Gasteiger partial charge in [0.05, 0.1) is 5.52 Å². The van der Waals surface area contributed by atoms with Crippen molar-refractivity contribution in [2.75, 3.05) is 0 Å². The van der Waals surface area contributed by atoms with E-state index >= 15 is 0 Å². The van der Waals surface area contributed by atoms with Crippen LogP contribution in [0.2, 0.25) is 0 Å². The fourth-order valence-corrected chi connectivity index (χ4v) is 2.02. The van der Waals surface area contributed by atoms with Gasteiger partial charge in [0.25, 0.3) is 0 Å². The van der Waals surface area contributed by atoms with Crippen molar-refractivity contribution in [2.45, 2.75) is 32.6 Å². The van der Waals surface area contributed by atoms with Crippen LogP contribution in [-0.4, -0.2) is 10.8 Å². The summed E-state index contributed by atoms with van der Waals surface area (Å²) in [5.41, 5.74) is 1.50. The van der Waals surface area contributed by atoms with Crippen molar-refractivity contribution in [2.24, 2.45) is 0 Å². The van der Waals surface area contributed by atoms with Crippen molar-refractivity contribution in [1.29, 1.82) is 0 Å². The van der Waals surface area contributed by atoms with Crippen LogP contribution in [0.3, 0.4) is 0 Å². The molecule has 1 heterocycles. The summed E-state index contributed by atoms with van der Waals surface area (Å²) in [6.07, 6.45) is 2.37. The highest BCUT2D eigenvalue weighted by molar-refractivity contribution is 5.90. The molecule has 0 amide bonds. The topological polar surface area (TPSA) is 30.0 Å². The van der Waals surface area contributed by atoms with E-state index in [9.17, 15) is 4.79 Å². The number of aromatic nitrogens is 1. The molecule has 1 aromatic heterocycles. The van der Waals surface area contributed by atoms with E-state index in [-0.39, 0.29) is 5.78 Å². The number of carbonyl (C=O) groups excluding carboxylic acids is 1. The van der Waals surface area contributed by atoms with Gasteiger partial charge in [-0.1, -0.05) is 25.1 Å². The molecule has 0 saturated heterocycles. The number of hydrogen-bond acceptors (Lipinski definition) is 2. The molecule has 2 nitrogen and oxygen atoms in total. The van der Waals surface area contributed by atoms with E-state index < -0.39 is 5.41 Å². The first kappa shape index (κ1) is 11.8. The number of nitrogens with zero attached hydrogens (tertiary/aromatic N) is 1. The highest BCUT2D eigenvalue weighted by Crippen LogP contribution is 2.27. The second kappa shape index (κ2) is 4.28. The minimum atomic E-state index is -0.453. The Morgan fingerprint density at radius 3 is 2.71 bits per heavy atom. The van der Waals surface area contributed by atoms with Gasteiger partial charge in [0, 0.05) is 23.4 Å². The van der Waals surface area contributed by atoms with Gasteiger partial charge >= 0.3 is 0 Å². The first-order chi connectivity index (χ1) is 8.05. The fraction of sp³-hybridized carbons (Fsp3) is 0.333. The van der Waals surface area contributed by atoms with Crippen LogP contribution >= 0.6 is 0 Å². The van der Waals surface area contributed by atoms with E-state index in [1.807, 2.05) is 51.2 Å². The van der Waals surface area contributed by atoms with Crippen molar-refractivity contribution in [3.63, 3.8) is 0 Å². The largest absolute Gasteiger partial charge is 0.299 e. The van der Waals surface area contributed by atoms with E-state index in [2.05, 4.69) is 11.1 Å². The van der Waals surface area contributed by atoms with Crippen molar-refractivity contribution in [1.82, 2.24) is 4.98 Å². The third-order valence-corrected chi connectivity index (χ3v) is 3.33. The van der Waals surface area contributed by atoms with Crippen LogP contribution in [0.4, 0.5) is 0 Å². The molecule has 88 valence electrons. The minimum absolute atomic E-state index is 0.245. The molecule has 0 aliphatic rings. The van der Waals surface area contributed by atoms with Gasteiger partial charge in [-0.25, -0.2) is 0 Å². The SMILES string of the molecule is CCC(=O)C(C)(C)c1cnc2ccccc2c1. The van der Waals surface area contributed by atoms with E-state index in [0.29, 0.717) is 6.42 Å². The zero-order valence-corrected chi connectivity index (χ0v) is 10.5. The smallest absolute Gasteiger partial charge is 0.142 e. The molecule has 0 aliphatic carbocycles. The summed E-state index contributed by atoms with van der Waals surface area (Å²) >= 11 is 0. The van der Waals surface area contributed by atoms with E-state index in [4.69, 9.17) is 0 Å². The zero-order chi connectivity index (χ0) is 12.5. The van der Waals surface area contributed by atoms with Crippen molar-refractivity contribution < 1.29 is 4.79 Å². The van der Waals surface area contributed by atoms with Gasteiger partial charge < -0.3 is 0 Å². The van der Waals surface area contributed by atoms with Crippen LogP contribution in [0, 0.1) is 0 Å². The predicted molar refractivity (Wildman–Crippen MR) is 70.1 cm³/mol. The molecule has 1 aromatic carbocycles. The fourth-order valence-electron chi connectivity index (χ4n) is 2.02. The van der Waals surface area contributed by atoms with E-state index in [0.717, 1.165) is 16.5 Å². The summed E-state index contributed by atoms with van der Waals surface area (Å²) in [6, 6.07) is 10.0. The lowest BCUT2D eigenvalue weighted by Gasteiger charge is -2.23. The molecule has 0 bridgehead atoms. The molecule has 17 heavy (non-hydrogen) atoms. The Balaban J connectivity index is 2.53. The average molecular weight is 227 g/mol. The summed E-state index contributed by atoms with van der Waals surface area (Å²) in [5.74, 6) is 0.245. The van der Waals surface area contributed by atoms with Gasteiger partial charge in [0.1, 0.15) is 5.78 Å². The maximum atomic E-state index is 11.9. The number of fused-ring (bicyclic) bond motifs is 1. The van der Waals surface area contributed by atoms with E-state index in [1.165, 1.54) is 0 Å². The molecule has 0 unspecified atom stereocenters. The molecule has 2 heteroatoms. The Hall–Kier alpha value is -1.70. The van der Waals surface area contributed by atoms with Crippen LogP contribution in [-0.2, 0) is 10.2 Å². The molecule has 0 fully saturated rings. The number of para-hydroxylation sites is 1. The maximum absolute atomic E-state index is 11.9. The second-order valence-corrected chi connectivity index (χ2v) is 4.82. The first-order valence-corrected chi connectivity index (χ1v) is 5.94. The van der Waals surface area contributed by atoms with Gasteiger partial charge in [0.2, 0.25) is 0 Å². The molecule has 0 N–H and O–H groups in total. The third-order valence-electron chi connectivity index (χ3n) is 3.33. The van der Waals surface area contributed by atoms with Gasteiger partial charge in [-0.2, -0.15) is 0 Å². The van der Waals surface area contributed by atoms with Gasteiger partial charge in [0.15, 0.2) is 0 Å². The molecule has 0 aliphatic heterocycles. The van der Waals surface area contributed by atoms with E-state index in [1.54, 1.807) is 0 Å². The molecular formula is C15H17NO. The monoisotopic (exact) mass is 227 g/mol. The van der Waals surface area contributed by atoms with Crippen molar-refractivity contribution in [3.05, 3.63) is 42.1 Å². The molecule has 0 radical (unpaired) electrons. The van der Waals surface area contributed by atoms with Gasteiger partial charge in [-0.05, 0) is 31.5 Å². The number of pyridine rings is 1. The number of Topliss-reactive ketones (excluding diaryl/α,β-unsaturated/α-hetero) is 1. The summed E-state index contributed by atoms with van der Waals surface area (Å²) < 4.78 is 0. The van der Waals surface area contributed by atoms with Crippen LogP contribution in [0.5, 0.6) is 0 Å².